The molecule has 2 unspecified atom stereocenters. The number of nitrogens with one attached hydrogen (secondary N) is 1. The number of aliphatic hydroxyl groups is 4. The summed E-state index contributed by atoms with van der Waals surface area (Å²) in [5, 5.41) is 41.4. The summed E-state index contributed by atoms with van der Waals surface area (Å²) in [5.41, 5.74) is 4.45. The fourth-order valence-electron chi connectivity index (χ4n) is 4.18. The van der Waals surface area contributed by atoms with Crippen LogP contribution in [0.4, 0.5) is 4.79 Å². The Labute approximate surface area is 173 Å². The summed E-state index contributed by atoms with van der Waals surface area (Å²) in [7, 11) is 0. The summed E-state index contributed by atoms with van der Waals surface area (Å²) in [6.45, 7) is -0.515. The molecule has 8 heteroatoms. The number of alkyl carbamates (subject to hydrolysis) is 1. The van der Waals surface area contributed by atoms with Gasteiger partial charge in [-0.2, -0.15) is 0 Å². The lowest BCUT2D eigenvalue weighted by atomic mass is 9.95. The third-order valence-electron chi connectivity index (χ3n) is 5.78. The molecular weight excluding hydrogens is 390 g/mol. The number of aliphatic hydroxyl groups excluding tert-OH is 4. The van der Waals surface area contributed by atoms with Gasteiger partial charge < -0.3 is 35.2 Å². The van der Waals surface area contributed by atoms with Crippen molar-refractivity contribution in [2.24, 2.45) is 0 Å². The Balaban J connectivity index is 1.36. The molecule has 1 amide bonds. The number of hydrogen-bond donors (Lipinski definition) is 5. The number of carbonyl (C=O) groups excluding carboxylic acids is 1. The molecule has 8 nitrogen and oxygen atoms in total. The maximum absolute atomic E-state index is 12.2. The summed E-state index contributed by atoms with van der Waals surface area (Å²) in [6, 6.07) is 16.0. The van der Waals surface area contributed by atoms with Gasteiger partial charge in [0.2, 0.25) is 0 Å². The molecule has 5 atom stereocenters. The molecule has 0 spiro atoms. The van der Waals surface area contributed by atoms with Crippen LogP contribution in [0.25, 0.3) is 11.1 Å². The van der Waals surface area contributed by atoms with Crippen molar-refractivity contribution in [3.05, 3.63) is 59.7 Å². The van der Waals surface area contributed by atoms with Gasteiger partial charge in [0.15, 0.2) is 0 Å². The summed E-state index contributed by atoms with van der Waals surface area (Å²) >= 11 is 0. The van der Waals surface area contributed by atoms with Crippen molar-refractivity contribution >= 4 is 6.09 Å². The number of amides is 1. The van der Waals surface area contributed by atoms with Crippen molar-refractivity contribution in [1.82, 2.24) is 5.32 Å². The quantitative estimate of drug-likeness (QED) is 0.477. The van der Waals surface area contributed by atoms with Gasteiger partial charge in [0.05, 0.1) is 6.61 Å². The van der Waals surface area contributed by atoms with Gasteiger partial charge >= 0.3 is 6.09 Å². The third-order valence-corrected chi connectivity index (χ3v) is 5.78. The normalized spacial score (nSPS) is 27.9. The summed E-state index contributed by atoms with van der Waals surface area (Å²) < 4.78 is 10.8. The molecule has 1 aliphatic heterocycles. The Morgan fingerprint density at radius 3 is 2.07 bits per heavy atom. The molecule has 1 heterocycles. The molecular formula is C22H25NO7. The molecule has 1 saturated heterocycles. The van der Waals surface area contributed by atoms with Crippen LogP contribution in [-0.2, 0) is 9.47 Å². The molecule has 1 aliphatic carbocycles. The van der Waals surface area contributed by atoms with Gasteiger partial charge in [0, 0.05) is 12.5 Å². The predicted molar refractivity (Wildman–Crippen MR) is 107 cm³/mol. The maximum atomic E-state index is 12.2. The molecule has 2 aliphatic rings. The highest BCUT2D eigenvalue weighted by atomic mass is 16.6. The SMILES string of the molecule is O=C(NC[C@@H]1OC(CO)[C@H](O)[C@H](O)C1O)OCC1c2ccccc2-c2ccccc21. The first-order valence-electron chi connectivity index (χ1n) is 9.90. The average Bonchev–Trinajstić information content (AvgIpc) is 3.09. The Hall–Kier alpha value is -2.49. The van der Waals surface area contributed by atoms with Crippen molar-refractivity contribution in [2.45, 2.75) is 36.4 Å². The fraction of sp³-hybridized carbons (Fsp3) is 0.409. The highest BCUT2D eigenvalue weighted by Gasteiger charge is 2.43. The van der Waals surface area contributed by atoms with Crippen LogP contribution in [0.2, 0.25) is 0 Å². The Bertz CT molecular complexity index is 857. The van der Waals surface area contributed by atoms with Crippen LogP contribution in [0.3, 0.4) is 0 Å². The van der Waals surface area contributed by atoms with E-state index in [-0.39, 0.29) is 19.1 Å². The van der Waals surface area contributed by atoms with Crippen LogP contribution in [0.1, 0.15) is 17.0 Å². The first kappa shape index (κ1) is 20.8. The van der Waals surface area contributed by atoms with Crippen molar-refractivity contribution in [3.8, 4) is 11.1 Å². The van der Waals surface area contributed by atoms with Crippen LogP contribution >= 0.6 is 0 Å². The van der Waals surface area contributed by atoms with Crippen LogP contribution in [0.5, 0.6) is 0 Å². The van der Waals surface area contributed by atoms with Gasteiger partial charge in [-0.05, 0) is 22.3 Å². The lowest BCUT2D eigenvalue weighted by Crippen LogP contribution is -2.60. The number of benzene rings is 2. The second kappa shape index (κ2) is 8.71. The molecule has 160 valence electrons. The number of carbonyl (C=O) groups is 1. The van der Waals surface area contributed by atoms with Crippen molar-refractivity contribution in [2.75, 3.05) is 19.8 Å². The predicted octanol–water partition coefficient (Wildman–Crippen LogP) is 0.368. The lowest BCUT2D eigenvalue weighted by Gasteiger charge is -2.40. The average molecular weight is 415 g/mol. The van der Waals surface area contributed by atoms with Gasteiger partial charge in [-0.1, -0.05) is 48.5 Å². The van der Waals surface area contributed by atoms with Crippen LogP contribution < -0.4 is 5.32 Å². The monoisotopic (exact) mass is 415 g/mol. The van der Waals surface area contributed by atoms with Crippen LogP contribution in [0, 0.1) is 0 Å². The Kier molecular flexibility index (Phi) is 6.03. The summed E-state index contributed by atoms with van der Waals surface area (Å²) in [4.78, 5) is 12.2. The first-order valence-corrected chi connectivity index (χ1v) is 9.90. The van der Waals surface area contributed by atoms with E-state index in [0.717, 1.165) is 22.3 Å². The van der Waals surface area contributed by atoms with Crippen molar-refractivity contribution in [3.63, 3.8) is 0 Å². The van der Waals surface area contributed by atoms with Crippen LogP contribution in [0.15, 0.2) is 48.5 Å². The minimum Gasteiger partial charge on any atom is -0.449 e. The van der Waals surface area contributed by atoms with Gasteiger partial charge in [-0.3, -0.25) is 0 Å². The Morgan fingerprint density at radius 2 is 1.47 bits per heavy atom. The zero-order valence-electron chi connectivity index (χ0n) is 16.2. The number of rotatable bonds is 5. The van der Waals surface area contributed by atoms with E-state index in [1.54, 1.807) is 0 Å². The zero-order valence-corrected chi connectivity index (χ0v) is 16.2. The van der Waals surface area contributed by atoms with Gasteiger partial charge in [-0.25, -0.2) is 4.79 Å². The van der Waals surface area contributed by atoms with E-state index in [0.29, 0.717) is 0 Å². The molecule has 4 rings (SSSR count). The molecule has 30 heavy (non-hydrogen) atoms. The lowest BCUT2D eigenvalue weighted by molar-refractivity contribution is -0.227. The zero-order chi connectivity index (χ0) is 21.3. The number of fused-ring (bicyclic) bond motifs is 3. The largest absolute Gasteiger partial charge is 0.449 e. The molecule has 2 aromatic carbocycles. The minimum absolute atomic E-state index is 0.0737. The third kappa shape index (κ3) is 3.80. The Morgan fingerprint density at radius 1 is 0.900 bits per heavy atom. The van der Waals surface area contributed by atoms with Gasteiger partial charge in [0.25, 0.3) is 0 Å². The first-order chi connectivity index (χ1) is 14.5. The topological polar surface area (TPSA) is 128 Å². The molecule has 2 aromatic rings. The highest BCUT2D eigenvalue weighted by molar-refractivity contribution is 5.79. The second-order valence-corrected chi connectivity index (χ2v) is 7.57. The van der Waals surface area contributed by atoms with E-state index in [9.17, 15) is 25.2 Å². The molecule has 0 radical (unpaired) electrons. The molecule has 5 N–H and O–H groups in total. The van der Waals surface area contributed by atoms with Crippen molar-refractivity contribution < 1.29 is 34.7 Å². The van der Waals surface area contributed by atoms with Crippen molar-refractivity contribution in [1.29, 1.82) is 0 Å². The highest BCUT2D eigenvalue weighted by Crippen LogP contribution is 2.44. The summed E-state index contributed by atoms with van der Waals surface area (Å²) in [6.07, 6.45) is -7.01. The molecule has 1 fully saturated rings. The van der Waals surface area contributed by atoms with E-state index >= 15 is 0 Å². The van der Waals surface area contributed by atoms with Gasteiger partial charge in [-0.15, -0.1) is 0 Å². The molecule has 0 saturated carbocycles. The van der Waals surface area contributed by atoms with E-state index in [1.165, 1.54) is 0 Å². The maximum Gasteiger partial charge on any atom is 0.407 e. The van der Waals surface area contributed by atoms with E-state index in [1.807, 2.05) is 48.5 Å². The number of hydrogen-bond acceptors (Lipinski definition) is 7. The van der Waals surface area contributed by atoms with E-state index in [2.05, 4.69) is 5.32 Å². The van der Waals surface area contributed by atoms with E-state index < -0.39 is 43.2 Å². The standard InChI is InChI=1S/C22H25NO7/c24-10-18-20(26)21(27)19(25)17(30-18)9-23-22(28)29-11-16-14-7-3-1-5-12(14)13-6-2-4-8-15(13)16/h1-8,16-21,24-27H,9-11H2,(H,23,28)/t17-,18?,19?,20-,21+/m0/s1. The smallest absolute Gasteiger partial charge is 0.407 e. The summed E-state index contributed by atoms with van der Waals surface area (Å²) in [5.74, 6) is -0.0737. The van der Waals surface area contributed by atoms with Gasteiger partial charge in [0.1, 0.15) is 37.1 Å². The molecule has 0 aromatic heterocycles. The van der Waals surface area contributed by atoms with Crippen LogP contribution in [-0.4, -0.2) is 76.8 Å². The second-order valence-electron chi connectivity index (χ2n) is 7.57. The number of ether oxygens (including phenoxy) is 2. The molecule has 0 bridgehead atoms. The fourth-order valence-corrected chi connectivity index (χ4v) is 4.18. The van der Waals surface area contributed by atoms with E-state index in [4.69, 9.17) is 9.47 Å². The minimum atomic E-state index is -1.48.